The molecule has 1 amide bonds. The van der Waals surface area contributed by atoms with Gasteiger partial charge in [-0.15, -0.1) is 0 Å². The third-order valence-electron chi connectivity index (χ3n) is 3.98. The van der Waals surface area contributed by atoms with E-state index in [1.165, 1.54) is 0 Å². The smallest absolute Gasteiger partial charge is 0.258 e. The molecule has 2 rings (SSSR count). The zero-order valence-electron chi connectivity index (χ0n) is 14.7. The summed E-state index contributed by atoms with van der Waals surface area (Å²) >= 11 is 6.10. The monoisotopic (exact) mass is 378 g/mol. The van der Waals surface area contributed by atoms with Crippen LogP contribution in [0.4, 0.5) is 5.69 Å². The molecule has 2 aromatic carbocycles. The SMILES string of the molecule is Cc1cc(OCC(=O)NC(CO)C(O)c2ccc(N)cc2)cc(C)c1Cl. The van der Waals surface area contributed by atoms with E-state index in [2.05, 4.69) is 5.32 Å². The summed E-state index contributed by atoms with van der Waals surface area (Å²) in [5, 5.41) is 23.1. The van der Waals surface area contributed by atoms with Gasteiger partial charge in [-0.1, -0.05) is 23.7 Å². The van der Waals surface area contributed by atoms with Gasteiger partial charge in [-0.05, 0) is 54.8 Å². The van der Waals surface area contributed by atoms with Crippen molar-refractivity contribution in [2.75, 3.05) is 18.9 Å². The summed E-state index contributed by atoms with van der Waals surface area (Å²) in [5.41, 5.74) is 8.43. The van der Waals surface area contributed by atoms with E-state index in [4.69, 9.17) is 22.1 Å². The molecule has 0 saturated carbocycles. The van der Waals surface area contributed by atoms with Gasteiger partial charge in [0, 0.05) is 10.7 Å². The molecule has 0 radical (unpaired) electrons. The molecule has 0 heterocycles. The highest BCUT2D eigenvalue weighted by atomic mass is 35.5. The number of hydrogen-bond acceptors (Lipinski definition) is 5. The summed E-state index contributed by atoms with van der Waals surface area (Å²) in [6.07, 6.45) is -1.07. The van der Waals surface area contributed by atoms with E-state index >= 15 is 0 Å². The molecule has 0 aliphatic heterocycles. The standard InChI is InChI=1S/C19H23ClN2O4/c1-11-7-15(8-12(2)18(11)20)26-10-17(24)22-16(9-23)19(25)13-3-5-14(21)6-4-13/h3-8,16,19,23,25H,9-10,21H2,1-2H3,(H,22,24). The lowest BCUT2D eigenvalue weighted by molar-refractivity contribution is -0.125. The number of aryl methyl sites for hydroxylation is 2. The van der Waals surface area contributed by atoms with E-state index in [0.717, 1.165) is 11.1 Å². The number of hydrogen-bond donors (Lipinski definition) is 4. The minimum absolute atomic E-state index is 0.245. The lowest BCUT2D eigenvalue weighted by atomic mass is 10.0. The summed E-state index contributed by atoms with van der Waals surface area (Å²) in [5.74, 6) is 0.0722. The molecular formula is C19H23ClN2O4. The first kappa shape index (κ1) is 20.0. The third-order valence-corrected chi connectivity index (χ3v) is 4.58. The van der Waals surface area contributed by atoms with Gasteiger partial charge in [0.25, 0.3) is 5.91 Å². The molecule has 0 aliphatic rings. The Labute approximate surface area is 157 Å². The van der Waals surface area contributed by atoms with Crippen molar-refractivity contribution in [2.45, 2.75) is 26.0 Å². The fourth-order valence-electron chi connectivity index (χ4n) is 2.54. The molecule has 0 saturated heterocycles. The van der Waals surface area contributed by atoms with Crippen LogP contribution in [0, 0.1) is 13.8 Å². The minimum Gasteiger partial charge on any atom is -0.484 e. The molecule has 140 valence electrons. The largest absolute Gasteiger partial charge is 0.484 e. The van der Waals surface area contributed by atoms with Crippen molar-refractivity contribution < 1.29 is 19.7 Å². The van der Waals surface area contributed by atoms with E-state index in [-0.39, 0.29) is 6.61 Å². The van der Waals surface area contributed by atoms with Crippen LogP contribution in [0.15, 0.2) is 36.4 Å². The number of benzene rings is 2. The average molecular weight is 379 g/mol. The van der Waals surface area contributed by atoms with Crippen LogP contribution in [-0.4, -0.2) is 35.4 Å². The second-order valence-electron chi connectivity index (χ2n) is 6.13. The molecule has 26 heavy (non-hydrogen) atoms. The van der Waals surface area contributed by atoms with Crippen molar-refractivity contribution in [2.24, 2.45) is 0 Å². The number of ether oxygens (including phenoxy) is 1. The maximum atomic E-state index is 12.1. The third kappa shape index (κ3) is 5.11. The quantitative estimate of drug-likeness (QED) is 0.552. The Hall–Kier alpha value is -2.28. The van der Waals surface area contributed by atoms with Crippen molar-refractivity contribution >= 4 is 23.2 Å². The van der Waals surface area contributed by atoms with Gasteiger partial charge in [0.1, 0.15) is 11.9 Å². The molecule has 2 aromatic rings. The molecule has 0 aliphatic carbocycles. The molecule has 5 N–H and O–H groups in total. The fraction of sp³-hybridized carbons (Fsp3) is 0.316. The van der Waals surface area contributed by atoms with Gasteiger partial charge >= 0.3 is 0 Å². The number of anilines is 1. The Morgan fingerprint density at radius 2 is 1.81 bits per heavy atom. The average Bonchev–Trinajstić information content (AvgIpc) is 2.62. The number of nitrogen functional groups attached to an aromatic ring is 1. The maximum absolute atomic E-state index is 12.1. The lowest BCUT2D eigenvalue weighted by Crippen LogP contribution is -2.44. The Morgan fingerprint density at radius 1 is 1.23 bits per heavy atom. The van der Waals surface area contributed by atoms with E-state index in [9.17, 15) is 15.0 Å². The zero-order valence-corrected chi connectivity index (χ0v) is 15.5. The Bertz CT molecular complexity index is 742. The summed E-state index contributed by atoms with van der Waals surface area (Å²) in [6.45, 7) is 3.04. The Balaban J connectivity index is 1.95. The first-order chi connectivity index (χ1) is 12.3. The minimum atomic E-state index is -1.07. The molecule has 0 fully saturated rings. The van der Waals surface area contributed by atoms with Crippen LogP contribution in [0.1, 0.15) is 22.8 Å². The molecule has 2 atom stereocenters. The van der Waals surface area contributed by atoms with Gasteiger partial charge in [0.05, 0.1) is 12.6 Å². The number of carbonyl (C=O) groups is 1. The van der Waals surface area contributed by atoms with Crippen molar-refractivity contribution in [3.8, 4) is 5.75 Å². The number of aliphatic hydroxyl groups excluding tert-OH is 2. The maximum Gasteiger partial charge on any atom is 0.258 e. The molecule has 0 aromatic heterocycles. The fourth-order valence-corrected chi connectivity index (χ4v) is 2.65. The van der Waals surface area contributed by atoms with Crippen LogP contribution in [0.2, 0.25) is 5.02 Å². The molecule has 7 heteroatoms. The summed E-state index contributed by atoms with van der Waals surface area (Å²) in [7, 11) is 0. The number of nitrogens with one attached hydrogen (secondary N) is 1. The van der Waals surface area contributed by atoms with Crippen LogP contribution in [-0.2, 0) is 4.79 Å². The van der Waals surface area contributed by atoms with Crippen molar-refractivity contribution in [1.29, 1.82) is 0 Å². The van der Waals surface area contributed by atoms with Gasteiger partial charge in [-0.2, -0.15) is 0 Å². The van der Waals surface area contributed by atoms with Gasteiger partial charge in [-0.3, -0.25) is 4.79 Å². The number of carbonyl (C=O) groups excluding carboxylic acids is 1. The van der Waals surface area contributed by atoms with E-state index in [0.29, 0.717) is 22.0 Å². The van der Waals surface area contributed by atoms with E-state index in [1.54, 1.807) is 36.4 Å². The normalized spacial score (nSPS) is 13.1. The van der Waals surface area contributed by atoms with Crippen LogP contribution >= 0.6 is 11.6 Å². The second kappa shape index (κ2) is 8.89. The predicted octanol–water partition coefficient (Wildman–Crippen LogP) is 2.13. The van der Waals surface area contributed by atoms with Crippen LogP contribution < -0.4 is 15.8 Å². The van der Waals surface area contributed by atoms with E-state index in [1.807, 2.05) is 13.8 Å². The number of aliphatic hydroxyl groups is 2. The van der Waals surface area contributed by atoms with Gasteiger partial charge < -0.3 is 26.0 Å². The molecule has 0 spiro atoms. The predicted molar refractivity (Wildman–Crippen MR) is 101 cm³/mol. The van der Waals surface area contributed by atoms with Crippen molar-refractivity contribution in [3.05, 3.63) is 58.1 Å². The first-order valence-electron chi connectivity index (χ1n) is 8.15. The highest BCUT2D eigenvalue weighted by Crippen LogP contribution is 2.25. The highest BCUT2D eigenvalue weighted by Gasteiger charge is 2.22. The van der Waals surface area contributed by atoms with E-state index < -0.39 is 24.7 Å². The molecular weight excluding hydrogens is 356 g/mol. The first-order valence-corrected chi connectivity index (χ1v) is 8.53. The second-order valence-corrected chi connectivity index (χ2v) is 6.51. The number of rotatable bonds is 7. The van der Waals surface area contributed by atoms with Crippen molar-refractivity contribution in [1.82, 2.24) is 5.32 Å². The number of halogens is 1. The van der Waals surface area contributed by atoms with Crippen molar-refractivity contribution in [3.63, 3.8) is 0 Å². The highest BCUT2D eigenvalue weighted by molar-refractivity contribution is 6.32. The Kier molecular flexibility index (Phi) is 6.85. The Morgan fingerprint density at radius 3 is 2.35 bits per heavy atom. The van der Waals surface area contributed by atoms with Gasteiger partial charge in [-0.25, -0.2) is 0 Å². The number of amides is 1. The lowest BCUT2D eigenvalue weighted by Gasteiger charge is -2.22. The van der Waals surface area contributed by atoms with Crippen LogP contribution in [0.5, 0.6) is 5.75 Å². The molecule has 2 unspecified atom stereocenters. The zero-order chi connectivity index (χ0) is 19.3. The van der Waals surface area contributed by atoms with Gasteiger partial charge in [0.2, 0.25) is 0 Å². The summed E-state index contributed by atoms with van der Waals surface area (Å²) in [4.78, 5) is 12.1. The molecule has 0 bridgehead atoms. The van der Waals surface area contributed by atoms with Gasteiger partial charge in [0.15, 0.2) is 6.61 Å². The van der Waals surface area contributed by atoms with Crippen LogP contribution in [0.3, 0.4) is 0 Å². The topological polar surface area (TPSA) is 105 Å². The van der Waals surface area contributed by atoms with Crippen LogP contribution in [0.25, 0.3) is 0 Å². The summed E-state index contributed by atoms with van der Waals surface area (Å²) in [6, 6.07) is 9.20. The number of nitrogens with two attached hydrogens (primary N) is 1. The molecule has 6 nitrogen and oxygen atoms in total. The summed E-state index contributed by atoms with van der Waals surface area (Å²) < 4.78 is 5.48.